The van der Waals surface area contributed by atoms with Gasteiger partial charge in [-0.3, -0.25) is 14.0 Å². The first-order chi connectivity index (χ1) is 16.9. The summed E-state index contributed by atoms with van der Waals surface area (Å²) in [5.74, 6) is -1.46. The van der Waals surface area contributed by atoms with Crippen molar-refractivity contribution in [3.05, 3.63) is 36.4 Å². The smallest absolute Gasteiger partial charge is 0.316 e. The number of nitriles is 1. The summed E-state index contributed by atoms with van der Waals surface area (Å²) in [6.07, 6.45) is 7.35. The zero-order chi connectivity index (χ0) is 24.7. The van der Waals surface area contributed by atoms with Gasteiger partial charge in [0.2, 0.25) is 5.91 Å². The van der Waals surface area contributed by atoms with Gasteiger partial charge in [-0.1, -0.05) is 0 Å². The molecule has 1 aliphatic heterocycles. The molecule has 2 fully saturated rings. The summed E-state index contributed by atoms with van der Waals surface area (Å²) in [5.41, 5.74) is 7.17. The minimum absolute atomic E-state index is 0.145. The van der Waals surface area contributed by atoms with Crippen molar-refractivity contribution in [3.63, 3.8) is 0 Å². The van der Waals surface area contributed by atoms with E-state index in [0.717, 1.165) is 5.56 Å². The number of nitrogens with one attached hydrogen (secondary N) is 1. The van der Waals surface area contributed by atoms with Crippen LogP contribution in [0.15, 0.2) is 30.9 Å². The van der Waals surface area contributed by atoms with E-state index in [2.05, 4.69) is 26.5 Å². The number of alkyl halides is 1. The second-order valence-electron chi connectivity index (χ2n) is 8.88. The number of hydrogen-bond donors (Lipinski definition) is 2. The monoisotopic (exact) mass is 478 g/mol. The van der Waals surface area contributed by atoms with Crippen LogP contribution < -0.4 is 15.8 Å². The fraction of sp³-hybridized carbons (Fsp3) is 0.391. The van der Waals surface area contributed by atoms with E-state index in [0.29, 0.717) is 29.6 Å². The van der Waals surface area contributed by atoms with E-state index in [4.69, 9.17) is 10.5 Å². The van der Waals surface area contributed by atoms with E-state index < -0.39 is 30.0 Å². The number of nitrogens with zero attached hydrogens (tertiary/aromatic N) is 6. The molecule has 4 heterocycles. The molecule has 5 rings (SSSR count). The molecule has 1 saturated carbocycles. The quantitative estimate of drug-likeness (QED) is 0.517. The van der Waals surface area contributed by atoms with E-state index >= 15 is 0 Å². The first-order valence-electron chi connectivity index (χ1n) is 11.1. The minimum Gasteiger partial charge on any atom is -0.467 e. The van der Waals surface area contributed by atoms with E-state index in [1.807, 2.05) is 0 Å². The molecule has 0 radical (unpaired) electrons. The Morgan fingerprint density at radius 2 is 2.03 bits per heavy atom. The Morgan fingerprint density at radius 3 is 2.63 bits per heavy atom. The molecule has 1 saturated heterocycles. The zero-order valence-corrected chi connectivity index (χ0v) is 18.9. The van der Waals surface area contributed by atoms with Crippen LogP contribution in [0.5, 0.6) is 6.01 Å². The molecule has 3 N–H and O–H groups in total. The molecule has 0 bridgehead atoms. The summed E-state index contributed by atoms with van der Waals surface area (Å²) in [5, 5.41) is 16.9. The van der Waals surface area contributed by atoms with Crippen LogP contribution >= 0.6 is 0 Å². The molecule has 180 valence electrons. The minimum atomic E-state index is -0.977. The fourth-order valence-electron chi connectivity index (χ4n) is 4.47. The summed E-state index contributed by atoms with van der Waals surface area (Å²) in [6.45, 7) is -0.258. The van der Waals surface area contributed by atoms with Crippen molar-refractivity contribution < 1.29 is 18.7 Å². The lowest BCUT2D eigenvalue weighted by Gasteiger charge is -2.21. The van der Waals surface area contributed by atoms with E-state index in [1.54, 1.807) is 34.1 Å². The van der Waals surface area contributed by atoms with Crippen molar-refractivity contribution in [2.24, 2.45) is 17.1 Å². The normalized spacial score (nSPS) is 20.4. The average molecular weight is 478 g/mol. The SMILES string of the molecule is COc1ncc(-c2cc3c(N[C@@H]4CN(C(=O)C5(C#N)CC5)C[C@H]4CF)c(C(N)=O)cnn3c2)cn1. The van der Waals surface area contributed by atoms with Crippen LogP contribution in [0.4, 0.5) is 10.1 Å². The number of halogens is 1. The number of likely N-dealkylation sites (tertiary alicyclic amines) is 1. The lowest BCUT2D eigenvalue weighted by Crippen LogP contribution is -2.36. The summed E-state index contributed by atoms with van der Waals surface area (Å²) in [6, 6.07) is 3.65. The Balaban J connectivity index is 1.49. The molecule has 2 aliphatic rings. The van der Waals surface area contributed by atoms with Gasteiger partial charge in [0.25, 0.3) is 5.91 Å². The van der Waals surface area contributed by atoms with Crippen molar-refractivity contribution >= 4 is 23.0 Å². The zero-order valence-electron chi connectivity index (χ0n) is 18.9. The molecule has 2 amide bonds. The van der Waals surface area contributed by atoms with Crippen molar-refractivity contribution in [3.8, 4) is 23.2 Å². The van der Waals surface area contributed by atoms with Gasteiger partial charge >= 0.3 is 6.01 Å². The summed E-state index contributed by atoms with van der Waals surface area (Å²) in [7, 11) is 1.47. The molecule has 0 spiro atoms. The number of rotatable bonds is 7. The van der Waals surface area contributed by atoms with Gasteiger partial charge in [0.05, 0.1) is 48.9 Å². The Morgan fingerprint density at radius 1 is 1.29 bits per heavy atom. The predicted octanol–water partition coefficient (Wildman–Crippen LogP) is 1.41. The molecule has 0 aromatic carbocycles. The molecule has 3 aromatic heterocycles. The molecule has 0 unspecified atom stereocenters. The molecule has 11 nitrogen and oxygen atoms in total. The van der Waals surface area contributed by atoms with Gasteiger partial charge in [0.15, 0.2) is 0 Å². The summed E-state index contributed by atoms with van der Waals surface area (Å²) in [4.78, 5) is 34.8. The maximum absolute atomic E-state index is 14.0. The standard InChI is InChI=1S/C23H23FN8O3/c1-35-22-27-6-15(7-28-22)13-4-18-19(16(20(26)33)8-29-32(18)10-13)30-17-11-31(9-14(17)5-24)21(34)23(12-25)2-3-23/h4,6-8,10,14,17,30H,2-3,5,9,11H2,1H3,(H2,26,33)/t14-,17-/m1/s1. The molecule has 12 heteroatoms. The second kappa shape index (κ2) is 8.50. The highest BCUT2D eigenvalue weighted by Crippen LogP contribution is 2.47. The van der Waals surface area contributed by atoms with Gasteiger partial charge in [0, 0.05) is 48.7 Å². The highest BCUT2D eigenvalue weighted by atomic mass is 19.1. The number of primary amides is 1. The van der Waals surface area contributed by atoms with Crippen LogP contribution in [0.3, 0.4) is 0 Å². The first kappa shape index (κ1) is 22.5. The molecule has 3 aromatic rings. The molecule has 2 atom stereocenters. The lowest BCUT2D eigenvalue weighted by molar-refractivity contribution is -0.134. The number of amides is 2. The van der Waals surface area contributed by atoms with Crippen molar-refractivity contribution in [2.75, 3.05) is 32.2 Å². The first-order valence-corrected chi connectivity index (χ1v) is 11.1. The third-order valence-electron chi connectivity index (χ3n) is 6.68. The number of methoxy groups -OCH3 is 1. The summed E-state index contributed by atoms with van der Waals surface area (Å²) >= 11 is 0. The topological polar surface area (TPSA) is 152 Å². The largest absolute Gasteiger partial charge is 0.467 e. The maximum atomic E-state index is 14.0. The Kier molecular flexibility index (Phi) is 5.47. The number of ether oxygens (including phenoxy) is 1. The van der Waals surface area contributed by atoms with Gasteiger partial charge in [-0.15, -0.1) is 0 Å². The van der Waals surface area contributed by atoms with Crippen molar-refractivity contribution in [1.29, 1.82) is 5.26 Å². The Labute approximate surface area is 199 Å². The van der Waals surface area contributed by atoms with Gasteiger partial charge in [-0.05, 0) is 18.9 Å². The maximum Gasteiger partial charge on any atom is 0.316 e. The number of carbonyl (C=O) groups excluding carboxylic acids is 2. The predicted molar refractivity (Wildman–Crippen MR) is 122 cm³/mol. The third-order valence-corrected chi connectivity index (χ3v) is 6.68. The van der Waals surface area contributed by atoms with Crippen LogP contribution in [-0.4, -0.2) is 69.2 Å². The van der Waals surface area contributed by atoms with Crippen LogP contribution in [0, 0.1) is 22.7 Å². The number of aromatic nitrogens is 4. The fourth-order valence-corrected chi connectivity index (χ4v) is 4.47. The summed E-state index contributed by atoms with van der Waals surface area (Å²) < 4.78 is 20.5. The number of nitrogens with two attached hydrogens (primary N) is 1. The van der Waals surface area contributed by atoms with E-state index in [9.17, 15) is 19.2 Å². The third kappa shape index (κ3) is 3.88. The highest BCUT2D eigenvalue weighted by molar-refractivity contribution is 6.02. The van der Waals surface area contributed by atoms with E-state index in [1.165, 1.54) is 13.3 Å². The number of hydrogen-bond acceptors (Lipinski definition) is 8. The average Bonchev–Trinajstić information content (AvgIpc) is 3.38. The van der Waals surface area contributed by atoms with Gasteiger partial charge in [-0.25, -0.2) is 14.5 Å². The Bertz CT molecular complexity index is 1350. The lowest BCUT2D eigenvalue weighted by atomic mass is 10.0. The molecule has 1 aliphatic carbocycles. The van der Waals surface area contributed by atoms with Gasteiger partial charge < -0.3 is 20.7 Å². The Hall–Kier alpha value is -4.27. The van der Waals surface area contributed by atoms with Crippen LogP contribution in [0.2, 0.25) is 0 Å². The van der Waals surface area contributed by atoms with Gasteiger partial charge in [0.1, 0.15) is 5.41 Å². The van der Waals surface area contributed by atoms with Crippen LogP contribution in [0.1, 0.15) is 23.2 Å². The number of fused-ring (bicyclic) bond motifs is 1. The number of carbonyl (C=O) groups is 2. The molecular weight excluding hydrogens is 455 g/mol. The van der Waals surface area contributed by atoms with Crippen molar-refractivity contribution in [1.82, 2.24) is 24.5 Å². The highest BCUT2D eigenvalue weighted by Gasteiger charge is 2.54. The van der Waals surface area contributed by atoms with Crippen LogP contribution in [0.25, 0.3) is 16.6 Å². The van der Waals surface area contributed by atoms with Crippen molar-refractivity contribution in [2.45, 2.75) is 18.9 Å². The number of anilines is 1. The van der Waals surface area contributed by atoms with Crippen LogP contribution in [-0.2, 0) is 4.79 Å². The molecular formula is C23H23FN8O3. The second-order valence-corrected chi connectivity index (χ2v) is 8.88. The molecule has 35 heavy (non-hydrogen) atoms. The van der Waals surface area contributed by atoms with E-state index in [-0.39, 0.29) is 30.6 Å². The van der Waals surface area contributed by atoms with Gasteiger partial charge in [-0.2, -0.15) is 10.4 Å².